The molecule has 1 aromatic heterocycles. The van der Waals surface area contributed by atoms with Crippen LogP contribution in [0.5, 0.6) is 11.5 Å². The van der Waals surface area contributed by atoms with Crippen LogP contribution in [0.15, 0.2) is 65.8 Å². The van der Waals surface area contributed by atoms with E-state index in [4.69, 9.17) is 21.7 Å². The molecule has 0 spiro atoms. The van der Waals surface area contributed by atoms with E-state index in [0.717, 1.165) is 33.4 Å². The second-order valence-electron chi connectivity index (χ2n) is 6.27. The molecule has 0 radical (unpaired) electrons. The summed E-state index contributed by atoms with van der Waals surface area (Å²) in [6.07, 6.45) is 1.75. The average Bonchev–Trinajstić information content (AvgIpc) is 3.12. The lowest BCUT2D eigenvalue weighted by Gasteiger charge is -2.09. The van der Waals surface area contributed by atoms with Crippen molar-refractivity contribution < 1.29 is 9.47 Å². The lowest BCUT2D eigenvalue weighted by molar-refractivity contribution is 0.340. The predicted molar refractivity (Wildman–Crippen MR) is 118 cm³/mol. The third-order valence-corrected chi connectivity index (χ3v) is 4.77. The number of H-pyrrole nitrogens is 1. The van der Waals surface area contributed by atoms with Gasteiger partial charge in [0.1, 0.15) is 11.5 Å². The Morgan fingerprint density at radius 2 is 2.00 bits per heavy atom. The number of fused-ring (bicyclic) bond motifs is 1. The standard InChI is InChI=1S/C22H20N4O2S/c1-3-28-17-9-6-8-16(13-17)21-24-25-22(29)26(21)23-14-19-18-10-5-4-7-15(18)11-12-20(19)27-2/h4-14H,3H2,1-2H3,(H,25,29)/b23-14+. The molecular weight excluding hydrogens is 384 g/mol. The van der Waals surface area contributed by atoms with E-state index in [0.29, 0.717) is 17.2 Å². The molecule has 1 heterocycles. The lowest BCUT2D eigenvalue weighted by atomic mass is 10.0. The van der Waals surface area contributed by atoms with Crippen molar-refractivity contribution in [3.8, 4) is 22.9 Å². The largest absolute Gasteiger partial charge is 0.496 e. The second kappa shape index (κ2) is 8.28. The van der Waals surface area contributed by atoms with Crippen LogP contribution in [-0.4, -0.2) is 34.8 Å². The van der Waals surface area contributed by atoms with Crippen molar-refractivity contribution in [3.05, 3.63) is 71.0 Å². The van der Waals surface area contributed by atoms with Crippen LogP contribution in [0.4, 0.5) is 0 Å². The van der Waals surface area contributed by atoms with Gasteiger partial charge in [0, 0.05) is 11.1 Å². The van der Waals surface area contributed by atoms with Crippen molar-refractivity contribution in [2.45, 2.75) is 6.92 Å². The number of aromatic nitrogens is 3. The predicted octanol–water partition coefficient (Wildman–Crippen LogP) is 5.05. The van der Waals surface area contributed by atoms with Gasteiger partial charge in [-0.3, -0.25) is 0 Å². The van der Waals surface area contributed by atoms with Gasteiger partial charge < -0.3 is 9.47 Å². The van der Waals surface area contributed by atoms with Gasteiger partial charge in [0.15, 0.2) is 5.82 Å². The molecular formula is C22H20N4O2S. The van der Waals surface area contributed by atoms with Gasteiger partial charge in [-0.25, -0.2) is 5.10 Å². The van der Waals surface area contributed by atoms with Crippen molar-refractivity contribution in [1.82, 2.24) is 14.9 Å². The first-order chi connectivity index (χ1) is 14.2. The van der Waals surface area contributed by atoms with Crippen LogP contribution in [0, 0.1) is 4.77 Å². The van der Waals surface area contributed by atoms with E-state index in [2.05, 4.69) is 21.4 Å². The molecule has 0 bridgehead atoms. The van der Waals surface area contributed by atoms with E-state index < -0.39 is 0 Å². The molecule has 0 aliphatic carbocycles. The molecule has 0 saturated carbocycles. The Balaban J connectivity index is 1.80. The normalized spacial score (nSPS) is 11.2. The minimum Gasteiger partial charge on any atom is -0.496 e. The van der Waals surface area contributed by atoms with Crippen molar-refractivity contribution in [2.75, 3.05) is 13.7 Å². The molecule has 0 amide bonds. The number of methoxy groups -OCH3 is 1. The molecule has 3 aromatic carbocycles. The van der Waals surface area contributed by atoms with Gasteiger partial charge in [-0.2, -0.15) is 14.9 Å². The number of hydrogen-bond acceptors (Lipinski definition) is 5. The van der Waals surface area contributed by atoms with Gasteiger partial charge in [0.2, 0.25) is 4.77 Å². The number of nitrogens with zero attached hydrogens (tertiary/aromatic N) is 3. The van der Waals surface area contributed by atoms with Crippen LogP contribution in [0.1, 0.15) is 12.5 Å². The minimum absolute atomic E-state index is 0.400. The van der Waals surface area contributed by atoms with Gasteiger partial charge in [0.25, 0.3) is 0 Å². The van der Waals surface area contributed by atoms with Crippen molar-refractivity contribution >= 4 is 29.2 Å². The van der Waals surface area contributed by atoms with E-state index in [-0.39, 0.29) is 0 Å². The summed E-state index contributed by atoms with van der Waals surface area (Å²) < 4.78 is 13.1. The molecule has 29 heavy (non-hydrogen) atoms. The number of rotatable bonds is 6. The lowest BCUT2D eigenvalue weighted by Crippen LogP contribution is -1.98. The Kier molecular flexibility index (Phi) is 5.39. The highest BCUT2D eigenvalue weighted by molar-refractivity contribution is 7.71. The summed E-state index contributed by atoms with van der Waals surface area (Å²) in [5, 5.41) is 13.9. The molecule has 7 heteroatoms. The fourth-order valence-electron chi connectivity index (χ4n) is 3.18. The fraction of sp³-hybridized carbons (Fsp3) is 0.136. The molecule has 0 saturated heterocycles. The van der Waals surface area contributed by atoms with Gasteiger partial charge in [-0.1, -0.05) is 42.5 Å². The van der Waals surface area contributed by atoms with E-state index in [1.54, 1.807) is 18.0 Å². The highest BCUT2D eigenvalue weighted by Crippen LogP contribution is 2.27. The van der Waals surface area contributed by atoms with Gasteiger partial charge in [0.05, 0.1) is 19.9 Å². The number of hydrogen-bond donors (Lipinski definition) is 1. The second-order valence-corrected chi connectivity index (χ2v) is 6.66. The van der Waals surface area contributed by atoms with Crippen molar-refractivity contribution in [1.29, 1.82) is 0 Å². The van der Waals surface area contributed by atoms with Crippen LogP contribution < -0.4 is 9.47 Å². The Morgan fingerprint density at radius 1 is 1.14 bits per heavy atom. The zero-order valence-corrected chi connectivity index (χ0v) is 16.9. The molecule has 4 rings (SSSR count). The third-order valence-electron chi connectivity index (χ3n) is 4.51. The maximum Gasteiger partial charge on any atom is 0.216 e. The van der Waals surface area contributed by atoms with Gasteiger partial charge >= 0.3 is 0 Å². The SMILES string of the molecule is CCOc1cccc(-c2n[nH]c(=S)n2/N=C/c2c(OC)ccc3ccccc23)c1. The maximum absolute atomic E-state index is 5.59. The van der Waals surface area contributed by atoms with Crippen molar-refractivity contribution in [2.24, 2.45) is 5.10 Å². The molecule has 4 aromatic rings. The average molecular weight is 404 g/mol. The minimum atomic E-state index is 0.400. The van der Waals surface area contributed by atoms with Crippen LogP contribution in [0.25, 0.3) is 22.2 Å². The zero-order chi connectivity index (χ0) is 20.2. The van der Waals surface area contributed by atoms with Crippen LogP contribution in [0.3, 0.4) is 0 Å². The van der Waals surface area contributed by atoms with E-state index in [1.807, 2.05) is 61.5 Å². The summed E-state index contributed by atoms with van der Waals surface area (Å²) in [5.41, 5.74) is 1.73. The summed E-state index contributed by atoms with van der Waals surface area (Å²) >= 11 is 5.40. The summed E-state index contributed by atoms with van der Waals surface area (Å²) in [6.45, 7) is 2.54. The summed E-state index contributed by atoms with van der Waals surface area (Å²) in [5.74, 6) is 2.11. The first-order valence-corrected chi connectivity index (χ1v) is 9.63. The number of benzene rings is 3. The smallest absolute Gasteiger partial charge is 0.216 e. The highest BCUT2D eigenvalue weighted by Gasteiger charge is 2.11. The summed E-state index contributed by atoms with van der Waals surface area (Å²) in [4.78, 5) is 0. The van der Waals surface area contributed by atoms with Crippen LogP contribution in [0.2, 0.25) is 0 Å². The first kappa shape index (κ1) is 18.9. The fourth-order valence-corrected chi connectivity index (χ4v) is 3.36. The zero-order valence-electron chi connectivity index (χ0n) is 16.1. The van der Waals surface area contributed by atoms with Gasteiger partial charge in [-0.05, 0) is 48.1 Å². The summed E-state index contributed by atoms with van der Waals surface area (Å²) in [7, 11) is 1.65. The molecule has 0 aliphatic heterocycles. The molecule has 0 fully saturated rings. The highest BCUT2D eigenvalue weighted by atomic mass is 32.1. The molecule has 146 valence electrons. The molecule has 0 unspecified atom stereocenters. The first-order valence-electron chi connectivity index (χ1n) is 9.22. The Morgan fingerprint density at radius 3 is 2.83 bits per heavy atom. The number of nitrogens with one attached hydrogen (secondary N) is 1. The maximum atomic E-state index is 5.59. The molecule has 1 N–H and O–H groups in total. The number of ether oxygens (including phenoxy) is 2. The van der Waals surface area contributed by atoms with Crippen LogP contribution in [-0.2, 0) is 0 Å². The third kappa shape index (κ3) is 3.77. The van der Waals surface area contributed by atoms with Crippen molar-refractivity contribution in [3.63, 3.8) is 0 Å². The Labute approximate surface area is 173 Å². The van der Waals surface area contributed by atoms with Gasteiger partial charge in [-0.15, -0.1) is 0 Å². The topological polar surface area (TPSA) is 64.4 Å². The Hall–Kier alpha value is -3.45. The van der Waals surface area contributed by atoms with E-state index >= 15 is 0 Å². The van der Waals surface area contributed by atoms with Crippen LogP contribution >= 0.6 is 12.2 Å². The van der Waals surface area contributed by atoms with E-state index in [9.17, 15) is 0 Å². The molecule has 0 atom stereocenters. The molecule has 6 nitrogen and oxygen atoms in total. The number of aromatic amines is 1. The summed E-state index contributed by atoms with van der Waals surface area (Å²) in [6, 6.07) is 19.7. The monoisotopic (exact) mass is 404 g/mol. The van der Waals surface area contributed by atoms with E-state index in [1.165, 1.54) is 0 Å². The molecule has 0 aliphatic rings. The Bertz CT molecular complexity index is 1240. The quantitative estimate of drug-likeness (QED) is 0.361.